The standard InChI is InChI=1S/C24H22FN3O5S/c1-3-32-22(30)18(23(31)33-4-2)14-26-24-28-19(15-8-6-5-7-9-15)20(34-24)21(29)27-17-12-10-16(25)11-13-17/h5-14H,3-4H2,1-2H3,(H,26,28)(H,27,29). The van der Waals surface area contributed by atoms with E-state index in [9.17, 15) is 18.8 Å². The van der Waals surface area contributed by atoms with Crippen molar-refractivity contribution in [2.45, 2.75) is 13.8 Å². The third kappa shape index (κ3) is 6.26. The van der Waals surface area contributed by atoms with Gasteiger partial charge in [-0.25, -0.2) is 19.0 Å². The van der Waals surface area contributed by atoms with Gasteiger partial charge in [0.25, 0.3) is 5.91 Å². The zero-order valence-electron chi connectivity index (χ0n) is 18.5. The number of anilines is 2. The normalized spacial score (nSPS) is 10.2. The molecular formula is C24H22FN3O5S. The second-order valence-corrected chi connectivity index (χ2v) is 7.67. The number of thiazole rings is 1. The van der Waals surface area contributed by atoms with Crippen molar-refractivity contribution in [1.29, 1.82) is 0 Å². The van der Waals surface area contributed by atoms with Crippen LogP contribution in [0.3, 0.4) is 0 Å². The summed E-state index contributed by atoms with van der Waals surface area (Å²) in [7, 11) is 0. The maximum Gasteiger partial charge on any atom is 0.347 e. The molecular weight excluding hydrogens is 461 g/mol. The number of halogens is 1. The summed E-state index contributed by atoms with van der Waals surface area (Å²) in [4.78, 5) is 42.1. The molecule has 0 aliphatic heterocycles. The number of amides is 1. The van der Waals surface area contributed by atoms with Gasteiger partial charge in [-0.15, -0.1) is 0 Å². The highest BCUT2D eigenvalue weighted by molar-refractivity contribution is 7.18. The molecule has 1 aromatic heterocycles. The van der Waals surface area contributed by atoms with Gasteiger partial charge in [0.1, 0.15) is 10.7 Å². The number of aromatic nitrogens is 1. The molecule has 8 nitrogen and oxygen atoms in total. The van der Waals surface area contributed by atoms with Gasteiger partial charge in [-0.1, -0.05) is 41.7 Å². The Balaban J connectivity index is 1.93. The van der Waals surface area contributed by atoms with E-state index in [0.29, 0.717) is 16.9 Å². The number of benzene rings is 2. The first kappa shape index (κ1) is 24.6. The van der Waals surface area contributed by atoms with Crippen LogP contribution in [0.25, 0.3) is 11.3 Å². The molecule has 0 aliphatic rings. The van der Waals surface area contributed by atoms with Gasteiger partial charge in [0.15, 0.2) is 10.7 Å². The predicted octanol–water partition coefficient (Wildman–Crippen LogP) is 4.62. The molecule has 0 aliphatic carbocycles. The molecule has 0 unspecified atom stereocenters. The van der Waals surface area contributed by atoms with Crippen LogP contribution in [0.15, 0.2) is 66.4 Å². The van der Waals surface area contributed by atoms with Crippen LogP contribution in [0.1, 0.15) is 23.5 Å². The van der Waals surface area contributed by atoms with Gasteiger partial charge < -0.3 is 20.1 Å². The maximum atomic E-state index is 13.2. The Morgan fingerprint density at radius 3 is 2.18 bits per heavy atom. The summed E-state index contributed by atoms with van der Waals surface area (Å²) in [6.45, 7) is 3.40. The van der Waals surface area contributed by atoms with E-state index in [1.165, 1.54) is 24.3 Å². The van der Waals surface area contributed by atoms with E-state index < -0.39 is 23.7 Å². The first-order valence-corrected chi connectivity index (χ1v) is 11.2. The molecule has 3 aromatic rings. The molecule has 34 heavy (non-hydrogen) atoms. The molecule has 0 saturated heterocycles. The number of ether oxygens (including phenoxy) is 2. The summed E-state index contributed by atoms with van der Waals surface area (Å²) < 4.78 is 23.0. The highest BCUT2D eigenvalue weighted by Crippen LogP contribution is 2.32. The highest BCUT2D eigenvalue weighted by Gasteiger charge is 2.23. The van der Waals surface area contributed by atoms with E-state index in [1.807, 2.05) is 18.2 Å². The molecule has 0 atom stereocenters. The van der Waals surface area contributed by atoms with Crippen molar-refractivity contribution in [2.24, 2.45) is 0 Å². The van der Waals surface area contributed by atoms with Crippen molar-refractivity contribution in [1.82, 2.24) is 4.98 Å². The number of carbonyl (C=O) groups excluding carboxylic acids is 3. The van der Waals surface area contributed by atoms with Crippen molar-refractivity contribution in [3.63, 3.8) is 0 Å². The third-order valence-electron chi connectivity index (χ3n) is 4.31. The second-order valence-electron chi connectivity index (χ2n) is 6.67. The van der Waals surface area contributed by atoms with Crippen LogP contribution in [-0.2, 0) is 19.1 Å². The number of hydrogen-bond acceptors (Lipinski definition) is 8. The van der Waals surface area contributed by atoms with Crippen LogP contribution < -0.4 is 10.6 Å². The minimum absolute atomic E-state index is 0.0820. The molecule has 0 bridgehead atoms. The fraction of sp³-hybridized carbons (Fsp3) is 0.167. The van der Waals surface area contributed by atoms with E-state index in [-0.39, 0.29) is 28.8 Å². The van der Waals surface area contributed by atoms with Crippen molar-refractivity contribution < 1.29 is 28.2 Å². The van der Waals surface area contributed by atoms with Crippen LogP contribution in [0.5, 0.6) is 0 Å². The highest BCUT2D eigenvalue weighted by atomic mass is 32.1. The van der Waals surface area contributed by atoms with Crippen molar-refractivity contribution >= 4 is 40.0 Å². The molecule has 3 rings (SSSR count). The SMILES string of the molecule is CCOC(=O)C(=CNc1nc(-c2ccccc2)c(C(=O)Nc2ccc(F)cc2)s1)C(=O)OCC. The Hall–Kier alpha value is -4.05. The van der Waals surface area contributed by atoms with E-state index in [2.05, 4.69) is 15.6 Å². The molecule has 0 saturated carbocycles. The number of rotatable bonds is 9. The number of hydrogen-bond donors (Lipinski definition) is 2. The van der Waals surface area contributed by atoms with Gasteiger partial charge in [-0.2, -0.15) is 0 Å². The van der Waals surface area contributed by atoms with Crippen molar-refractivity contribution in [3.8, 4) is 11.3 Å². The summed E-state index contributed by atoms with van der Waals surface area (Å²) in [6.07, 6.45) is 1.14. The predicted molar refractivity (Wildman–Crippen MR) is 127 cm³/mol. The lowest BCUT2D eigenvalue weighted by molar-refractivity contribution is -0.146. The van der Waals surface area contributed by atoms with Gasteiger partial charge in [-0.3, -0.25) is 4.79 Å². The average molecular weight is 484 g/mol. The maximum absolute atomic E-state index is 13.2. The summed E-state index contributed by atoms with van der Waals surface area (Å²) in [5, 5.41) is 5.77. The van der Waals surface area contributed by atoms with Gasteiger partial charge in [0.05, 0.1) is 18.9 Å². The molecule has 10 heteroatoms. The van der Waals surface area contributed by atoms with Crippen LogP contribution in [-0.4, -0.2) is 36.0 Å². The summed E-state index contributed by atoms with van der Waals surface area (Å²) in [6, 6.07) is 14.4. The Morgan fingerprint density at radius 1 is 0.971 bits per heavy atom. The van der Waals surface area contributed by atoms with Gasteiger partial charge in [0, 0.05) is 17.5 Å². The van der Waals surface area contributed by atoms with Crippen LogP contribution >= 0.6 is 11.3 Å². The molecule has 0 radical (unpaired) electrons. The quantitative estimate of drug-likeness (QED) is 0.198. The average Bonchev–Trinajstić information content (AvgIpc) is 3.26. The Labute approximate surface area is 199 Å². The molecule has 176 valence electrons. The van der Waals surface area contributed by atoms with E-state index in [0.717, 1.165) is 17.5 Å². The number of carbonyl (C=O) groups is 3. The Morgan fingerprint density at radius 2 is 1.59 bits per heavy atom. The summed E-state index contributed by atoms with van der Waals surface area (Å²) in [5.41, 5.74) is 1.17. The Kier molecular flexibility index (Phi) is 8.47. The van der Waals surface area contributed by atoms with Crippen LogP contribution in [0.2, 0.25) is 0 Å². The second kappa shape index (κ2) is 11.7. The first-order valence-electron chi connectivity index (χ1n) is 10.4. The molecule has 0 fully saturated rings. The zero-order chi connectivity index (χ0) is 24.5. The van der Waals surface area contributed by atoms with Gasteiger partial charge >= 0.3 is 11.9 Å². The molecule has 0 spiro atoms. The minimum atomic E-state index is -0.845. The van der Waals surface area contributed by atoms with Crippen molar-refractivity contribution in [3.05, 3.63) is 77.1 Å². The zero-order valence-corrected chi connectivity index (χ0v) is 19.3. The smallest absolute Gasteiger partial charge is 0.347 e. The molecule has 2 N–H and O–H groups in total. The van der Waals surface area contributed by atoms with Crippen LogP contribution in [0, 0.1) is 5.82 Å². The third-order valence-corrected chi connectivity index (χ3v) is 5.30. The van der Waals surface area contributed by atoms with E-state index >= 15 is 0 Å². The molecule has 2 aromatic carbocycles. The van der Waals surface area contributed by atoms with E-state index in [4.69, 9.17) is 9.47 Å². The summed E-state index contributed by atoms with van der Waals surface area (Å²) >= 11 is 1.02. The molecule has 1 heterocycles. The monoisotopic (exact) mass is 483 g/mol. The fourth-order valence-corrected chi connectivity index (χ4v) is 3.65. The first-order chi connectivity index (χ1) is 16.4. The topological polar surface area (TPSA) is 107 Å². The fourth-order valence-electron chi connectivity index (χ4n) is 2.80. The number of nitrogens with zero attached hydrogens (tertiary/aromatic N) is 1. The van der Waals surface area contributed by atoms with Gasteiger partial charge in [0.2, 0.25) is 0 Å². The number of esters is 2. The Bertz CT molecular complexity index is 1170. The lowest BCUT2D eigenvalue weighted by Crippen LogP contribution is -2.19. The minimum Gasteiger partial charge on any atom is -0.462 e. The van der Waals surface area contributed by atoms with Crippen molar-refractivity contribution in [2.75, 3.05) is 23.8 Å². The van der Waals surface area contributed by atoms with Crippen LogP contribution in [0.4, 0.5) is 15.2 Å². The summed E-state index contributed by atoms with van der Waals surface area (Å²) in [5.74, 6) is -2.56. The largest absolute Gasteiger partial charge is 0.462 e. The molecule has 1 amide bonds. The lowest BCUT2D eigenvalue weighted by Gasteiger charge is -2.06. The van der Waals surface area contributed by atoms with E-state index in [1.54, 1.807) is 26.0 Å². The van der Waals surface area contributed by atoms with Gasteiger partial charge in [-0.05, 0) is 38.1 Å². The lowest BCUT2D eigenvalue weighted by atomic mass is 10.1. The number of nitrogens with one attached hydrogen (secondary N) is 2.